The van der Waals surface area contributed by atoms with Gasteiger partial charge in [-0.1, -0.05) is 6.92 Å². The lowest BCUT2D eigenvalue weighted by Gasteiger charge is -2.40. The molecule has 3 aliphatic rings. The van der Waals surface area contributed by atoms with E-state index in [1.165, 1.54) is 12.1 Å². The van der Waals surface area contributed by atoms with Crippen molar-refractivity contribution < 1.29 is 17.9 Å². The summed E-state index contributed by atoms with van der Waals surface area (Å²) in [6.07, 6.45) is 7.34. The fourth-order valence-corrected chi connectivity index (χ4v) is 6.59. The van der Waals surface area contributed by atoms with Gasteiger partial charge in [-0.05, 0) is 88.9 Å². The number of benzene rings is 2. The second kappa shape index (κ2) is 12.0. The van der Waals surface area contributed by atoms with Crippen LogP contribution >= 0.6 is 0 Å². The molecule has 2 aliphatic heterocycles. The summed E-state index contributed by atoms with van der Waals surface area (Å²) in [5.41, 5.74) is 1.91. The quantitative estimate of drug-likeness (QED) is 0.352. The Kier molecular flexibility index (Phi) is 8.16. The van der Waals surface area contributed by atoms with Crippen molar-refractivity contribution in [1.29, 1.82) is 0 Å². The Labute approximate surface area is 245 Å². The zero-order valence-electron chi connectivity index (χ0n) is 24.5. The highest BCUT2D eigenvalue weighted by Crippen LogP contribution is 2.42. The molecular formula is C32H39F3N6O. The summed E-state index contributed by atoms with van der Waals surface area (Å²) < 4.78 is 51.2. The number of piperidine rings is 1. The van der Waals surface area contributed by atoms with Crippen LogP contribution in [0.15, 0.2) is 36.5 Å². The standard InChI is InChI=1S/C32H39F3N6O/c1-20-4-7-24(8-5-20)41-14-15-42-31-26(34)16-21(17-29(31)41)30-27(35)19-36-32(38-30)37-22-6-9-28(25(33)18-22)40-12-10-23(11-13-40)39(2)3/h6,9,16-20,23-24H,4-5,7-8,10-15H2,1-3H3,(H,36,37,38). The Morgan fingerprint density at radius 2 is 1.64 bits per heavy atom. The maximum Gasteiger partial charge on any atom is 0.227 e. The monoisotopic (exact) mass is 580 g/mol. The predicted octanol–water partition coefficient (Wildman–Crippen LogP) is 6.61. The second-order valence-corrected chi connectivity index (χ2v) is 12.1. The van der Waals surface area contributed by atoms with Crippen LogP contribution in [0.2, 0.25) is 0 Å². The molecule has 1 N–H and O–H groups in total. The van der Waals surface area contributed by atoms with Crippen LogP contribution in [0.4, 0.5) is 36.2 Å². The van der Waals surface area contributed by atoms with Crippen molar-refractivity contribution in [3.8, 4) is 17.0 Å². The number of ether oxygens (including phenoxy) is 1. The summed E-state index contributed by atoms with van der Waals surface area (Å²) in [6.45, 7) is 4.91. The molecule has 0 atom stereocenters. The number of nitrogens with one attached hydrogen (secondary N) is 1. The summed E-state index contributed by atoms with van der Waals surface area (Å²) in [4.78, 5) is 14.9. The summed E-state index contributed by atoms with van der Waals surface area (Å²) in [7, 11) is 4.15. The van der Waals surface area contributed by atoms with E-state index >= 15 is 13.2 Å². The van der Waals surface area contributed by atoms with Crippen molar-refractivity contribution in [3.63, 3.8) is 0 Å². The lowest BCUT2D eigenvalue weighted by Crippen LogP contribution is -2.43. The average molecular weight is 581 g/mol. The molecule has 1 aliphatic carbocycles. The van der Waals surface area contributed by atoms with Gasteiger partial charge in [0.05, 0.1) is 24.1 Å². The van der Waals surface area contributed by atoms with Crippen LogP contribution in [0.3, 0.4) is 0 Å². The molecule has 0 spiro atoms. The number of hydrogen-bond acceptors (Lipinski definition) is 7. The first-order valence-corrected chi connectivity index (χ1v) is 15.0. The van der Waals surface area contributed by atoms with E-state index in [4.69, 9.17) is 4.74 Å². The maximum atomic E-state index is 15.3. The number of halogens is 3. The number of anilines is 4. The molecule has 6 rings (SSSR count). The zero-order chi connectivity index (χ0) is 29.4. The van der Waals surface area contributed by atoms with Gasteiger partial charge in [0.1, 0.15) is 18.1 Å². The fraction of sp³-hybridized carbons (Fsp3) is 0.500. The van der Waals surface area contributed by atoms with Gasteiger partial charge >= 0.3 is 0 Å². The van der Waals surface area contributed by atoms with Crippen LogP contribution in [0.1, 0.15) is 45.4 Å². The topological polar surface area (TPSA) is 56.8 Å². The third kappa shape index (κ3) is 5.86. The van der Waals surface area contributed by atoms with Gasteiger partial charge in [0, 0.05) is 36.4 Å². The van der Waals surface area contributed by atoms with Gasteiger partial charge in [0.15, 0.2) is 17.4 Å². The molecule has 0 unspecified atom stereocenters. The molecule has 224 valence electrons. The summed E-state index contributed by atoms with van der Waals surface area (Å²) in [5.74, 6) is -0.569. The van der Waals surface area contributed by atoms with Crippen molar-refractivity contribution in [1.82, 2.24) is 14.9 Å². The van der Waals surface area contributed by atoms with Gasteiger partial charge in [0.2, 0.25) is 5.95 Å². The van der Waals surface area contributed by atoms with Crippen molar-refractivity contribution in [2.75, 3.05) is 55.5 Å². The van der Waals surface area contributed by atoms with E-state index in [1.807, 2.05) is 0 Å². The van der Waals surface area contributed by atoms with E-state index < -0.39 is 11.6 Å². The smallest absolute Gasteiger partial charge is 0.227 e. The molecule has 1 saturated heterocycles. The second-order valence-electron chi connectivity index (χ2n) is 12.1. The minimum atomic E-state index is -0.669. The normalized spacial score (nSPS) is 21.3. The molecule has 2 aromatic carbocycles. The molecule has 2 fully saturated rings. The molecule has 0 radical (unpaired) electrons. The molecule has 3 aromatic rings. The first kappa shape index (κ1) is 28.6. The lowest BCUT2D eigenvalue weighted by atomic mass is 9.86. The number of rotatable bonds is 6. The highest BCUT2D eigenvalue weighted by Gasteiger charge is 2.31. The molecule has 1 saturated carbocycles. The van der Waals surface area contributed by atoms with Gasteiger partial charge in [-0.15, -0.1) is 0 Å². The Morgan fingerprint density at radius 1 is 0.881 bits per heavy atom. The van der Waals surface area contributed by atoms with Gasteiger partial charge < -0.3 is 24.8 Å². The van der Waals surface area contributed by atoms with E-state index in [9.17, 15) is 0 Å². The van der Waals surface area contributed by atoms with Crippen molar-refractivity contribution in [3.05, 3.63) is 54.0 Å². The molecule has 42 heavy (non-hydrogen) atoms. The Bertz CT molecular complexity index is 1420. The number of fused-ring (bicyclic) bond motifs is 1. The summed E-state index contributed by atoms with van der Waals surface area (Å²) in [5, 5.41) is 2.99. The van der Waals surface area contributed by atoms with Crippen molar-refractivity contribution >= 4 is 23.0 Å². The first-order chi connectivity index (χ1) is 20.3. The molecule has 0 amide bonds. The van der Waals surface area contributed by atoms with Crippen LogP contribution in [0.25, 0.3) is 11.3 Å². The van der Waals surface area contributed by atoms with E-state index in [1.54, 1.807) is 18.2 Å². The van der Waals surface area contributed by atoms with Crippen molar-refractivity contribution in [2.24, 2.45) is 5.92 Å². The first-order valence-electron chi connectivity index (χ1n) is 15.0. The van der Waals surface area contributed by atoms with E-state index in [2.05, 4.69) is 51.0 Å². The summed E-state index contributed by atoms with van der Waals surface area (Å²) >= 11 is 0. The molecule has 7 nitrogen and oxygen atoms in total. The number of nitrogens with zero attached hydrogens (tertiary/aromatic N) is 5. The minimum absolute atomic E-state index is 0.0298. The highest BCUT2D eigenvalue weighted by molar-refractivity contribution is 5.73. The molecule has 0 bridgehead atoms. The Morgan fingerprint density at radius 3 is 2.36 bits per heavy atom. The molecule has 10 heteroatoms. The van der Waals surface area contributed by atoms with Gasteiger partial charge in [-0.3, -0.25) is 0 Å². The van der Waals surface area contributed by atoms with Gasteiger partial charge in [-0.2, -0.15) is 0 Å². The Balaban J connectivity index is 1.22. The zero-order valence-corrected chi connectivity index (χ0v) is 24.5. The van der Waals surface area contributed by atoms with E-state index in [0.29, 0.717) is 53.8 Å². The van der Waals surface area contributed by atoms with Crippen LogP contribution in [0.5, 0.6) is 5.75 Å². The molecular weight excluding hydrogens is 541 g/mol. The van der Waals surface area contributed by atoms with Crippen LogP contribution in [0, 0.1) is 23.4 Å². The van der Waals surface area contributed by atoms with Gasteiger partial charge in [-0.25, -0.2) is 23.1 Å². The molecule has 1 aromatic heterocycles. The largest absolute Gasteiger partial charge is 0.486 e. The average Bonchev–Trinajstić information content (AvgIpc) is 2.98. The maximum absolute atomic E-state index is 15.3. The third-order valence-corrected chi connectivity index (χ3v) is 9.10. The van der Waals surface area contributed by atoms with Crippen LogP contribution in [-0.2, 0) is 0 Å². The number of hydrogen-bond donors (Lipinski definition) is 1. The number of aromatic nitrogens is 2. The van der Waals surface area contributed by atoms with E-state index in [0.717, 1.165) is 57.8 Å². The van der Waals surface area contributed by atoms with Crippen LogP contribution in [-0.4, -0.2) is 67.3 Å². The Hall–Kier alpha value is -3.53. The van der Waals surface area contributed by atoms with E-state index in [-0.39, 0.29) is 23.2 Å². The highest BCUT2D eigenvalue weighted by atomic mass is 19.1. The van der Waals surface area contributed by atoms with Gasteiger partial charge in [0.25, 0.3) is 0 Å². The fourth-order valence-electron chi connectivity index (χ4n) is 6.59. The third-order valence-electron chi connectivity index (χ3n) is 9.10. The minimum Gasteiger partial charge on any atom is -0.486 e. The summed E-state index contributed by atoms with van der Waals surface area (Å²) in [6, 6.07) is 8.73. The predicted molar refractivity (Wildman–Crippen MR) is 160 cm³/mol. The van der Waals surface area contributed by atoms with Crippen LogP contribution < -0.4 is 19.9 Å². The molecule has 3 heterocycles. The SMILES string of the molecule is CC1CCC(N2CCOc3c(F)cc(-c4nc(Nc5ccc(N6CCC(N(C)C)CC6)c(F)c5)ncc4F)cc32)CC1. The van der Waals surface area contributed by atoms with Crippen molar-refractivity contribution in [2.45, 2.75) is 57.5 Å². The lowest BCUT2D eigenvalue weighted by molar-refractivity contribution is 0.249.